The number of primary amides is 1. The SMILES string of the molecule is NC(=O)CCCCCCCn1cnc2c(Br)c(Br)c(Br)c(Br)c21. The van der Waals surface area contributed by atoms with Crippen LogP contribution in [-0.4, -0.2) is 15.5 Å². The molecule has 126 valence electrons. The van der Waals surface area contributed by atoms with Crippen LogP contribution < -0.4 is 5.73 Å². The minimum atomic E-state index is -0.206. The number of unbranched alkanes of at least 4 members (excludes halogenated alkanes) is 4. The molecule has 0 aliphatic carbocycles. The third-order valence-electron chi connectivity index (χ3n) is 3.65. The van der Waals surface area contributed by atoms with E-state index in [4.69, 9.17) is 5.73 Å². The standard InChI is InChI=1S/C15H17Br4N3O/c16-10-11(17)13(19)15-14(12(10)18)21-8-22(15)7-5-3-1-2-4-6-9(20)23/h8H,1-7H2,(H2,20,23). The van der Waals surface area contributed by atoms with Gasteiger partial charge in [-0.1, -0.05) is 19.3 Å². The molecule has 1 heterocycles. The van der Waals surface area contributed by atoms with Gasteiger partial charge in [-0.15, -0.1) is 0 Å². The Balaban J connectivity index is 1.95. The summed E-state index contributed by atoms with van der Waals surface area (Å²) in [7, 11) is 0. The number of fused-ring (bicyclic) bond motifs is 1. The first-order valence-electron chi connectivity index (χ1n) is 7.38. The number of benzene rings is 1. The van der Waals surface area contributed by atoms with Crippen LogP contribution >= 0.6 is 63.7 Å². The Labute approximate surface area is 169 Å². The summed E-state index contributed by atoms with van der Waals surface area (Å²) in [4.78, 5) is 15.2. The van der Waals surface area contributed by atoms with Crippen molar-refractivity contribution in [3.63, 3.8) is 0 Å². The smallest absolute Gasteiger partial charge is 0.217 e. The Bertz CT molecular complexity index is 715. The van der Waals surface area contributed by atoms with E-state index in [2.05, 4.69) is 73.3 Å². The molecule has 0 unspecified atom stereocenters. The molecular formula is C15H17Br4N3O. The number of nitrogens with two attached hydrogens (primary N) is 1. The van der Waals surface area contributed by atoms with E-state index in [1.807, 2.05) is 6.33 Å². The minimum Gasteiger partial charge on any atom is -0.370 e. The number of amides is 1. The first-order valence-corrected chi connectivity index (χ1v) is 10.6. The van der Waals surface area contributed by atoms with E-state index in [9.17, 15) is 4.79 Å². The van der Waals surface area contributed by atoms with E-state index in [-0.39, 0.29) is 5.91 Å². The molecule has 0 atom stereocenters. The molecule has 2 N–H and O–H groups in total. The van der Waals surface area contributed by atoms with Gasteiger partial charge < -0.3 is 10.3 Å². The number of rotatable bonds is 8. The lowest BCUT2D eigenvalue weighted by atomic mass is 10.1. The molecule has 23 heavy (non-hydrogen) atoms. The van der Waals surface area contributed by atoms with Crippen LogP contribution in [0.2, 0.25) is 0 Å². The molecule has 2 rings (SSSR count). The first kappa shape index (κ1) is 19.4. The molecule has 0 fully saturated rings. The number of aromatic nitrogens is 2. The number of halogens is 4. The second-order valence-electron chi connectivity index (χ2n) is 5.38. The Hall–Kier alpha value is 0.0800. The van der Waals surface area contributed by atoms with Gasteiger partial charge in [-0.05, 0) is 76.6 Å². The molecule has 1 aromatic carbocycles. The van der Waals surface area contributed by atoms with Gasteiger partial charge in [0.15, 0.2) is 0 Å². The van der Waals surface area contributed by atoms with Crippen molar-refractivity contribution < 1.29 is 4.79 Å². The topological polar surface area (TPSA) is 60.9 Å². The third-order valence-corrected chi connectivity index (χ3v) is 8.38. The molecule has 0 spiro atoms. The van der Waals surface area contributed by atoms with E-state index in [0.29, 0.717) is 6.42 Å². The molecule has 0 aliphatic rings. The summed E-state index contributed by atoms with van der Waals surface area (Å²) in [5, 5.41) is 0. The zero-order valence-electron chi connectivity index (χ0n) is 12.4. The van der Waals surface area contributed by atoms with E-state index < -0.39 is 0 Å². The maximum Gasteiger partial charge on any atom is 0.217 e. The lowest BCUT2D eigenvalue weighted by Crippen LogP contribution is -2.09. The van der Waals surface area contributed by atoms with Crippen LogP contribution in [0.5, 0.6) is 0 Å². The van der Waals surface area contributed by atoms with E-state index >= 15 is 0 Å². The molecule has 0 radical (unpaired) electrons. The second kappa shape index (κ2) is 8.97. The highest BCUT2D eigenvalue weighted by atomic mass is 79.9. The summed E-state index contributed by atoms with van der Waals surface area (Å²) in [5.74, 6) is -0.206. The van der Waals surface area contributed by atoms with Crippen LogP contribution in [0.3, 0.4) is 0 Å². The summed E-state index contributed by atoms with van der Waals surface area (Å²) in [5.41, 5.74) is 7.16. The third kappa shape index (κ3) is 4.80. The van der Waals surface area contributed by atoms with Gasteiger partial charge >= 0.3 is 0 Å². The molecule has 0 saturated carbocycles. The van der Waals surface area contributed by atoms with Crippen LogP contribution in [0.25, 0.3) is 11.0 Å². The van der Waals surface area contributed by atoms with Crippen LogP contribution in [0.4, 0.5) is 0 Å². The number of hydrogen-bond donors (Lipinski definition) is 1. The number of imidazole rings is 1. The van der Waals surface area contributed by atoms with E-state index in [1.165, 1.54) is 0 Å². The Morgan fingerprint density at radius 2 is 1.57 bits per heavy atom. The molecule has 0 bridgehead atoms. The highest BCUT2D eigenvalue weighted by Crippen LogP contribution is 2.42. The van der Waals surface area contributed by atoms with Crippen molar-refractivity contribution in [2.75, 3.05) is 0 Å². The van der Waals surface area contributed by atoms with Crippen LogP contribution in [0.1, 0.15) is 38.5 Å². The van der Waals surface area contributed by atoms with E-state index in [1.54, 1.807) is 0 Å². The second-order valence-corrected chi connectivity index (χ2v) is 8.55. The highest BCUT2D eigenvalue weighted by molar-refractivity contribution is 9.15. The summed E-state index contributed by atoms with van der Waals surface area (Å²) < 4.78 is 6.06. The first-order chi connectivity index (χ1) is 10.9. The zero-order chi connectivity index (χ0) is 17.0. The average Bonchev–Trinajstić information content (AvgIpc) is 2.93. The van der Waals surface area contributed by atoms with Crippen LogP contribution in [0.15, 0.2) is 24.2 Å². The predicted octanol–water partition coefficient (Wildman–Crippen LogP) is 5.91. The lowest BCUT2D eigenvalue weighted by Gasteiger charge is -2.09. The normalized spacial score (nSPS) is 11.3. The molecule has 0 saturated heterocycles. The fourth-order valence-corrected chi connectivity index (χ4v) is 4.86. The summed E-state index contributed by atoms with van der Waals surface area (Å²) in [6.07, 6.45) is 7.67. The van der Waals surface area contributed by atoms with Crippen molar-refractivity contribution in [3.8, 4) is 0 Å². The number of aryl methyl sites for hydroxylation is 1. The molecule has 4 nitrogen and oxygen atoms in total. The molecule has 8 heteroatoms. The maximum absolute atomic E-state index is 10.7. The van der Waals surface area contributed by atoms with Crippen LogP contribution in [-0.2, 0) is 11.3 Å². The number of nitrogens with zero attached hydrogens (tertiary/aromatic N) is 2. The maximum atomic E-state index is 10.7. The van der Waals surface area contributed by atoms with Gasteiger partial charge in [0, 0.05) is 21.9 Å². The van der Waals surface area contributed by atoms with Crippen molar-refractivity contribution in [1.29, 1.82) is 0 Å². The molecule has 0 aliphatic heterocycles. The van der Waals surface area contributed by atoms with Crippen molar-refractivity contribution in [3.05, 3.63) is 24.2 Å². The van der Waals surface area contributed by atoms with Gasteiger partial charge in [-0.25, -0.2) is 4.98 Å². The molecule has 2 aromatic rings. The summed E-state index contributed by atoms with van der Waals surface area (Å²) >= 11 is 14.4. The van der Waals surface area contributed by atoms with E-state index in [0.717, 1.165) is 67.6 Å². The lowest BCUT2D eigenvalue weighted by molar-refractivity contribution is -0.118. The van der Waals surface area contributed by atoms with Gasteiger partial charge in [0.1, 0.15) is 5.52 Å². The van der Waals surface area contributed by atoms with Gasteiger partial charge in [0.2, 0.25) is 5.91 Å². The van der Waals surface area contributed by atoms with Crippen molar-refractivity contribution in [2.24, 2.45) is 5.73 Å². The monoisotopic (exact) mass is 571 g/mol. The zero-order valence-corrected chi connectivity index (χ0v) is 18.8. The Kier molecular flexibility index (Phi) is 7.56. The summed E-state index contributed by atoms with van der Waals surface area (Å²) in [6, 6.07) is 0. The average molecular weight is 575 g/mol. The van der Waals surface area contributed by atoms with Crippen molar-refractivity contribution in [1.82, 2.24) is 9.55 Å². The quantitative estimate of drug-likeness (QED) is 0.242. The van der Waals surface area contributed by atoms with Gasteiger partial charge in [-0.2, -0.15) is 0 Å². The Morgan fingerprint density at radius 3 is 2.26 bits per heavy atom. The van der Waals surface area contributed by atoms with Crippen LogP contribution in [0, 0.1) is 0 Å². The van der Waals surface area contributed by atoms with Gasteiger partial charge in [-0.3, -0.25) is 4.79 Å². The summed E-state index contributed by atoms with van der Waals surface area (Å²) in [6.45, 7) is 0.922. The molecule has 1 amide bonds. The van der Waals surface area contributed by atoms with Crippen molar-refractivity contribution in [2.45, 2.75) is 45.1 Å². The molecule has 1 aromatic heterocycles. The predicted molar refractivity (Wildman–Crippen MR) is 107 cm³/mol. The van der Waals surface area contributed by atoms with Crippen molar-refractivity contribution >= 4 is 80.7 Å². The number of carbonyl (C=O) groups is 1. The molecular weight excluding hydrogens is 558 g/mol. The minimum absolute atomic E-state index is 0.206. The largest absolute Gasteiger partial charge is 0.370 e. The number of carbonyl (C=O) groups excluding carboxylic acids is 1. The fraction of sp³-hybridized carbons (Fsp3) is 0.467. The highest BCUT2D eigenvalue weighted by Gasteiger charge is 2.17. The fourth-order valence-electron chi connectivity index (χ4n) is 2.45. The number of hydrogen-bond acceptors (Lipinski definition) is 2. The Morgan fingerprint density at radius 1 is 0.957 bits per heavy atom. The van der Waals surface area contributed by atoms with Gasteiger partial charge in [0.05, 0.1) is 20.8 Å². The van der Waals surface area contributed by atoms with Gasteiger partial charge in [0.25, 0.3) is 0 Å².